The van der Waals surface area contributed by atoms with E-state index in [2.05, 4.69) is 10.6 Å². The second kappa shape index (κ2) is 7.26. The van der Waals surface area contributed by atoms with Crippen LogP contribution in [-0.2, 0) is 0 Å². The van der Waals surface area contributed by atoms with Crippen molar-refractivity contribution in [2.45, 2.75) is 37.8 Å². The zero-order valence-corrected chi connectivity index (χ0v) is 11.5. The van der Waals surface area contributed by atoms with Crippen LogP contribution in [0.25, 0.3) is 0 Å². The molecular formula is C15H22N2O3. The second-order valence-corrected chi connectivity index (χ2v) is 5.21. The van der Waals surface area contributed by atoms with Crippen LogP contribution >= 0.6 is 0 Å². The molecule has 0 unspecified atom stereocenters. The summed E-state index contributed by atoms with van der Waals surface area (Å²) in [5.74, 6) is -0.175. The van der Waals surface area contributed by atoms with Gasteiger partial charge in [-0.15, -0.1) is 0 Å². The number of aliphatic hydroxyl groups excluding tert-OH is 2. The van der Waals surface area contributed by atoms with Crippen molar-refractivity contribution >= 4 is 11.6 Å². The monoisotopic (exact) mass is 278 g/mol. The van der Waals surface area contributed by atoms with E-state index in [9.17, 15) is 9.90 Å². The quantitative estimate of drug-likeness (QED) is 0.650. The molecule has 1 aliphatic carbocycles. The molecule has 0 radical (unpaired) electrons. The van der Waals surface area contributed by atoms with Crippen molar-refractivity contribution in [2.24, 2.45) is 0 Å². The van der Waals surface area contributed by atoms with Crippen molar-refractivity contribution in [1.82, 2.24) is 5.32 Å². The van der Waals surface area contributed by atoms with Gasteiger partial charge in [-0.3, -0.25) is 4.79 Å². The SMILES string of the molecule is O=C(NCCO)c1ccc(NC2CCC(O)CC2)cc1. The van der Waals surface area contributed by atoms with Crippen LogP contribution in [0.1, 0.15) is 36.0 Å². The van der Waals surface area contributed by atoms with Gasteiger partial charge in [0.2, 0.25) is 0 Å². The summed E-state index contributed by atoms with van der Waals surface area (Å²) in [4.78, 5) is 11.7. The topological polar surface area (TPSA) is 81.6 Å². The summed E-state index contributed by atoms with van der Waals surface area (Å²) in [6, 6.07) is 7.71. The van der Waals surface area contributed by atoms with Crippen LogP contribution in [0.2, 0.25) is 0 Å². The van der Waals surface area contributed by atoms with Gasteiger partial charge in [0.1, 0.15) is 0 Å². The normalized spacial score (nSPS) is 22.3. The van der Waals surface area contributed by atoms with E-state index in [1.54, 1.807) is 12.1 Å². The van der Waals surface area contributed by atoms with Gasteiger partial charge < -0.3 is 20.8 Å². The molecule has 0 spiro atoms. The minimum absolute atomic E-state index is 0.0566. The highest BCUT2D eigenvalue weighted by atomic mass is 16.3. The summed E-state index contributed by atoms with van der Waals surface area (Å²) in [6.45, 7) is 0.210. The molecule has 1 aromatic carbocycles. The predicted molar refractivity (Wildman–Crippen MR) is 77.7 cm³/mol. The van der Waals surface area contributed by atoms with Crippen molar-refractivity contribution in [1.29, 1.82) is 0 Å². The predicted octanol–water partition coefficient (Wildman–Crippen LogP) is 1.12. The van der Waals surface area contributed by atoms with Gasteiger partial charge >= 0.3 is 0 Å². The minimum atomic E-state index is -0.175. The van der Waals surface area contributed by atoms with Gasteiger partial charge in [0, 0.05) is 23.8 Å². The van der Waals surface area contributed by atoms with Crippen LogP contribution in [-0.4, -0.2) is 41.4 Å². The van der Waals surface area contributed by atoms with Crippen LogP contribution in [0, 0.1) is 0 Å². The van der Waals surface area contributed by atoms with Crippen molar-refractivity contribution in [3.05, 3.63) is 29.8 Å². The fourth-order valence-corrected chi connectivity index (χ4v) is 2.45. The average Bonchev–Trinajstić information content (AvgIpc) is 2.48. The number of aliphatic hydroxyl groups is 2. The number of rotatable bonds is 5. The molecule has 110 valence electrons. The molecule has 0 bridgehead atoms. The van der Waals surface area contributed by atoms with E-state index < -0.39 is 0 Å². The number of carbonyl (C=O) groups excluding carboxylic acids is 1. The molecule has 4 N–H and O–H groups in total. The molecule has 1 saturated carbocycles. The third-order valence-electron chi connectivity index (χ3n) is 3.61. The first-order chi connectivity index (χ1) is 9.69. The Bertz CT molecular complexity index is 425. The number of benzene rings is 1. The van der Waals surface area contributed by atoms with E-state index in [1.807, 2.05) is 12.1 Å². The fourth-order valence-electron chi connectivity index (χ4n) is 2.45. The van der Waals surface area contributed by atoms with Gasteiger partial charge in [-0.05, 0) is 49.9 Å². The van der Waals surface area contributed by atoms with E-state index in [4.69, 9.17) is 5.11 Å². The molecule has 2 rings (SSSR count). The van der Waals surface area contributed by atoms with E-state index >= 15 is 0 Å². The summed E-state index contributed by atoms with van der Waals surface area (Å²) >= 11 is 0. The molecule has 0 aromatic heterocycles. The zero-order chi connectivity index (χ0) is 14.4. The van der Waals surface area contributed by atoms with Crippen molar-refractivity contribution in [3.8, 4) is 0 Å². The van der Waals surface area contributed by atoms with E-state index in [0.717, 1.165) is 31.4 Å². The molecule has 1 amide bonds. The Morgan fingerprint density at radius 2 is 1.80 bits per heavy atom. The van der Waals surface area contributed by atoms with Gasteiger partial charge in [0.15, 0.2) is 0 Å². The summed E-state index contributed by atoms with van der Waals surface area (Å²) < 4.78 is 0. The lowest BCUT2D eigenvalue weighted by atomic mass is 9.93. The number of nitrogens with one attached hydrogen (secondary N) is 2. The molecule has 5 heteroatoms. The maximum absolute atomic E-state index is 11.7. The van der Waals surface area contributed by atoms with E-state index in [1.165, 1.54) is 0 Å². The van der Waals surface area contributed by atoms with Crippen LogP contribution in [0.15, 0.2) is 24.3 Å². The Balaban J connectivity index is 1.86. The summed E-state index contributed by atoms with van der Waals surface area (Å²) in [5, 5.41) is 24.2. The third-order valence-corrected chi connectivity index (χ3v) is 3.61. The highest BCUT2D eigenvalue weighted by Gasteiger charge is 2.18. The highest BCUT2D eigenvalue weighted by Crippen LogP contribution is 2.22. The van der Waals surface area contributed by atoms with Gasteiger partial charge in [-0.1, -0.05) is 0 Å². The minimum Gasteiger partial charge on any atom is -0.395 e. The van der Waals surface area contributed by atoms with Crippen LogP contribution in [0.5, 0.6) is 0 Å². The molecule has 5 nitrogen and oxygen atoms in total. The molecule has 1 aliphatic rings. The van der Waals surface area contributed by atoms with Crippen LogP contribution in [0.4, 0.5) is 5.69 Å². The first-order valence-corrected chi connectivity index (χ1v) is 7.13. The number of hydrogen-bond acceptors (Lipinski definition) is 4. The summed E-state index contributed by atoms with van der Waals surface area (Å²) in [6.07, 6.45) is 3.49. The molecule has 0 saturated heterocycles. The standard InChI is InChI=1S/C15H22N2O3/c18-10-9-16-15(20)11-1-3-12(4-2-11)17-13-5-7-14(19)8-6-13/h1-4,13-14,17-19H,5-10H2,(H,16,20). The summed E-state index contributed by atoms with van der Waals surface area (Å²) in [7, 11) is 0. The average molecular weight is 278 g/mol. The second-order valence-electron chi connectivity index (χ2n) is 5.21. The Morgan fingerprint density at radius 3 is 2.40 bits per heavy atom. The Labute approximate surface area is 119 Å². The lowest BCUT2D eigenvalue weighted by Gasteiger charge is -2.27. The van der Waals surface area contributed by atoms with Gasteiger partial charge in [0.25, 0.3) is 5.91 Å². The number of carbonyl (C=O) groups is 1. The lowest BCUT2D eigenvalue weighted by molar-refractivity contribution is 0.0944. The smallest absolute Gasteiger partial charge is 0.251 e. The Morgan fingerprint density at radius 1 is 1.15 bits per heavy atom. The molecule has 20 heavy (non-hydrogen) atoms. The maximum atomic E-state index is 11.7. The highest BCUT2D eigenvalue weighted by molar-refractivity contribution is 5.94. The molecule has 1 fully saturated rings. The largest absolute Gasteiger partial charge is 0.395 e. The zero-order valence-electron chi connectivity index (χ0n) is 11.5. The molecule has 1 aromatic rings. The van der Waals surface area contributed by atoms with Gasteiger partial charge in [-0.2, -0.15) is 0 Å². The Kier molecular flexibility index (Phi) is 5.38. The van der Waals surface area contributed by atoms with Crippen molar-refractivity contribution < 1.29 is 15.0 Å². The number of amides is 1. The van der Waals surface area contributed by atoms with Gasteiger partial charge in [0.05, 0.1) is 12.7 Å². The summed E-state index contributed by atoms with van der Waals surface area (Å²) in [5.41, 5.74) is 1.58. The maximum Gasteiger partial charge on any atom is 0.251 e. The number of hydrogen-bond donors (Lipinski definition) is 4. The van der Waals surface area contributed by atoms with Crippen LogP contribution in [0.3, 0.4) is 0 Å². The third kappa shape index (κ3) is 4.21. The molecule has 0 aliphatic heterocycles. The first-order valence-electron chi connectivity index (χ1n) is 7.13. The van der Waals surface area contributed by atoms with E-state index in [-0.39, 0.29) is 25.2 Å². The molecule has 0 atom stereocenters. The number of anilines is 1. The lowest BCUT2D eigenvalue weighted by Crippen LogP contribution is -2.28. The van der Waals surface area contributed by atoms with Crippen molar-refractivity contribution in [2.75, 3.05) is 18.5 Å². The molecule has 0 heterocycles. The molecular weight excluding hydrogens is 256 g/mol. The Hall–Kier alpha value is -1.59. The van der Waals surface area contributed by atoms with E-state index in [0.29, 0.717) is 11.6 Å². The van der Waals surface area contributed by atoms with Crippen molar-refractivity contribution in [3.63, 3.8) is 0 Å². The van der Waals surface area contributed by atoms with Crippen LogP contribution < -0.4 is 10.6 Å². The van der Waals surface area contributed by atoms with Gasteiger partial charge in [-0.25, -0.2) is 0 Å². The first kappa shape index (κ1) is 14.8. The fraction of sp³-hybridized carbons (Fsp3) is 0.533.